The molecule has 3 N–H and O–H groups in total. The molecular formula is C20H24N4O3. The van der Waals surface area contributed by atoms with Crippen LogP contribution < -0.4 is 16.2 Å². The summed E-state index contributed by atoms with van der Waals surface area (Å²) in [4.78, 5) is 28.1. The van der Waals surface area contributed by atoms with Gasteiger partial charge in [0.05, 0.1) is 26.2 Å². The van der Waals surface area contributed by atoms with Crippen molar-refractivity contribution >= 4 is 17.6 Å². The first-order valence-electron chi connectivity index (χ1n) is 8.94. The Morgan fingerprint density at radius 1 is 1.00 bits per heavy atom. The number of urea groups is 1. The zero-order valence-corrected chi connectivity index (χ0v) is 15.1. The quantitative estimate of drug-likeness (QED) is 0.477. The van der Waals surface area contributed by atoms with Gasteiger partial charge in [-0.15, -0.1) is 0 Å². The highest BCUT2D eigenvalue weighted by Gasteiger charge is 2.24. The Balaban J connectivity index is 1.77. The van der Waals surface area contributed by atoms with E-state index in [9.17, 15) is 9.59 Å². The fourth-order valence-electron chi connectivity index (χ4n) is 2.98. The normalized spacial score (nSPS) is 13.9. The minimum absolute atomic E-state index is 0.0314. The van der Waals surface area contributed by atoms with E-state index in [2.05, 4.69) is 5.43 Å². The number of ether oxygens (including phenoxy) is 1. The highest BCUT2D eigenvalue weighted by Crippen LogP contribution is 2.20. The van der Waals surface area contributed by atoms with Crippen LogP contribution in [0.5, 0.6) is 0 Å². The predicted octanol–water partition coefficient (Wildman–Crippen LogP) is 1.68. The number of hydrogen-bond donors (Lipinski definition) is 2. The van der Waals surface area contributed by atoms with Crippen molar-refractivity contribution in [1.29, 1.82) is 0 Å². The molecule has 1 heterocycles. The van der Waals surface area contributed by atoms with E-state index in [1.165, 1.54) is 0 Å². The van der Waals surface area contributed by atoms with Crippen LogP contribution in [0.15, 0.2) is 54.6 Å². The molecule has 1 fully saturated rings. The maximum absolute atomic E-state index is 13.1. The lowest BCUT2D eigenvalue weighted by Gasteiger charge is -2.33. The number of rotatable bonds is 5. The zero-order chi connectivity index (χ0) is 19.1. The average Bonchev–Trinajstić information content (AvgIpc) is 2.74. The SMILES string of the molecule is NNC(=O)Cc1ccc(CN(C(=O)N2CCOCC2)c2ccccc2)cc1. The number of carbonyl (C=O) groups is 2. The molecule has 1 aliphatic heterocycles. The van der Waals surface area contributed by atoms with E-state index in [1.54, 1.807) is 4.90 Å². The molecular weight excluding hydrogens is 344 g/mol. The number of nitrogens with two attached hydrogens (primary N) is 1. The van der Waals surface area contributed by atoms with E-state index in [-0.39, 0.29) is 18.4 Å². The van der Waals surface area contributed by atoms with Crippen molar-refractivity contribution in [1.82, 2.24) is 10.3 Å². The second-order valence-electron chi connectivity index (χ2n) is 6.36. The molecule has 0 atom stereocenters. The minimum Gasteiger partial charge on any atom is -0.378 e. The molecule has 0 radical (unpaired) electrons. The van der Waals surface area contributed by atoms with Crippen LogP contribution in [0.1, 0.15) is 11.1 Å². The molecule has 3 amide bonds. The summed E-state index contributed by atoms with van der Waals surface area (Å²) in [6.45, 7) is 2.76. The number of anilines is 1. The number of morpholine rings is 1. The van der Waals surface area contributed by atoms with E-state index >= 15 is 0 Å². The Hall–Kier alpha value is -2.90. The molecule has 27 heavy (non-hydrogen) atoms. The van der Waals surface area contributed by atoms with Crippen LogP contribution >= 0.6 is 0 Å². The maximum Gasteiger partial charge on any atom is 0.324 e. The van der Waals surface area contributed by atoms with Crippen LogP contribution in [0.4, 0.5) is 10.5 Å². The minimum atomic E-state index is -0.240. The fraction of sp³-hybridized carbons (Fsp3) is 0.300. The van der Waals surface area contributed by atoms with Gasteiger partial charge in [-0.1, -0.05) is 42.5 Å². The van der Waals surface area contributed by atoms with Gasteiger partial charge in [0, 0.05) is 18.8 Å². The fourth-order valence-corrected chi connectivity index (χ4v) is 2.98. The molecule has 142 valence electrons. The Labute approximate surface area is 158 Å². The Morgan fingerprint density at radius 3 is 2.26 bits per heavy atom. The van der Waals surface area contributed by atoms with Gasteiger partial charge in [0.2, 0.25) is 5.91 Å². The first-order chi connectivity index (χ1) is 13.2. The summed E-state index contributed by atoms with van der Waals surface area (Å²) in [5.41, 5.74) is 4.82. The van der Waals surface area contributed by atoms with Crippen molar-refractivity contribution in [2.24, 2.45) is 5.84 Å². The van der Waals surface area contributed by atoms with Gasteiger partial charge in [-0.2, -0.15) is 0 Å². The number of hydrazine groups is 1. The van der Waals surface area contributed by atoms with E-state index in [1.807, 2.05) is 59.5 Å². The highest BCUT2D eigenvalue weighted by molar-refractivity contribution is 5.92. The van der Waals surface area contributed by atoms with Crippen LogP contribution in [0.25, 0.3) is 0 Å². The van der Waals surface area contributed by atoms with Gasteiger partial charge in [-0.3, -0.25) is 15.1 Å². The number of para-hydroxylation sites is 1. The molecule has 2 aromatic carbocycles. The van der Waals surface area contributed by atoms with Gasteiger partial charge in [0.25, 0.3) is 0 Å². The predicted molar refractivity (Wildman–Crippen MR) is 103 cm³/mol. The topological polar surface area (TPSA) is 87.9 Å². The number of hydrogen-bond acceptors (Lipinski definition) is 4. The number of nitrogens with zero attached hydrogens (tertiary/aromatic N) is 2. The van der Waals surface area contributed by atoms with Gasteiger partial charge in [-0.05, 0) is 23.3 Å². The highest BCUT2D eigenvalue weighted by atomic mass is 16.5. The second-order valence-corrected chi connectivity index (χ2v) is 6.36. The van der Waals surface area contributed by atoms with E-state index in [0.29, 0.717) is 32.8 Å². The Kier molecular flexibility index (Phi) is 6.40. The molecule has 7 nitrogen and oxygen atoms in total. The number of carbonyl (C=O) groups excluding carboxylic acids is 2. The third-order valence-corrected chi connectivity index (χ3v) is 4.47. The Morgan fingerprint density at radius 2 is 1.63 bits per heavy atom. The Bertz CT molecular complexity index is 759. The van der Waals surface area contributed by atoms with E-state index < -0.39 is 0 Å². The smallest absolute Gasteiger partial charge is 0.324 e. The van der Waals surface area contributed by atoms with Crippen molar-refractivity contribution in [3.63, 3.8) is 0 Å². The maximum atomic E-state index is 13.1. The third kappa shape index (κ3) is 5.06. The standard InChI is InChI=1S/C20H24N4O3/c21-22-19(25)14-16-6-8-17(9-7-16)15-24(18-4-2-1-3-5-18)20(26)23-10-12-27-13-11-23/h1-9H,10-15,21H2,(H,22,25). The van der Waals surface area contributed by atoms with Crippen molar-refractivity contribution in [3.05, 3.63) is 65.7 Å². The molecule has 1 aliphatic rings. The molecule has 2 aromatic rings. The van der Waals surface area contributed by atoms with Crippen LogP contribution in [0.3, 0.4) is 0 Å². The summed E-state index contributed by atoms with van der Waals surface area (Å²) in [5.74, 6) is 4.89. The largest absolute Gasteiger partial charge is 0.378 e. The first kappa shape index (κ1) is 18.9. The molecule has 3 rings (SSSR count). The summed E-state index contributed by atoms with van der Waals surface area (Å²) >= 11 is 0. The van der Waals surface area contributed by atoms with Gasteiger partial charge in [0.15, 0.2) is 0 Å². The van der Waals surface area contributed by atoms with Crippen molar-refractivity contribution in [2.45, 2.75) is 13.0 Å². The number of amides is 3. The summed E-state index contributed by atoms with van der Waals surface area (Å²) < 4.78 is 5.35. The summed E-state index contributed by atoms with van der Waals surface area (Å²) in [5, 5.41) is 0. The van der Waals surface area contributed by atoms with Crippen LogP contribution in [0, 0.1) is 0 Å². The molecule has 0 aliphatic carbocycles. The van der Waals surface area contributed by atoms with Gasteiger partial charge < -0.3 is 9.64 Å². The molecule has 0 unspecified atom stereocenters. The van der Waals surface area contributed by atoms with Crippen LogP contribution in [-0.2, 0) is 22.5 Å². The zero-order valence-electron chi connectivity index (χ0n) is 15.1. The van der Waals surface area contributed by atoms with Crippen LogP contribution in [0.2, 0.25) is 0 Å². The summed E-state index contributed by atoms with van der Waals surface area (Å²) in [6.07, 6.45) is 0.228. The third-order valence-electron chi connectivity index (χ3n) is 4.47. The molecule has 1 saturated heterocycles. The van der Waals surface area contributed by atoms with Gasteiger partial charge >= 0.3 is 6.03 Å². The number of benzene rings is 2. The molecule has 0 saturated carbocycles. The lowest BCUT2D eigenvalue weighted by atomic mass is 10.1. The van der Waals surface area contributed by atoms with Crippen molar-refractivity contribution < 1.29 is 14.3 Å². The summed E-state index contributed by atoms with van der Waals surface area (Å²) in [6, 6.07) is 17.2. The van der Waals surface area contributed by atoms with Crippen molar-refractivity contribution in [2.75, 3.05) is 31.2 Å². The van der Waals surface area contributed by atoms with E-state index in [4.69, 9.17) is 10.6 Å². The lowest BCUT2D eigenvalue weighted by molar-refractivity contribution is -0.120. The van der Waals surface area contributed by atoms with Crippen LogP contribution in [-0.4, -0.2) is 43.1 Å². The first-order valence-corrected chi connectivity index (χ1v) is 8.94. The molecule has 0 bridgehead atoms. The van der Waals surface area contributed by atoms with E-state index in [0.717, 1.165) is 16.8 Å². The van der Waals surface area contributed by atoms with Gasteiger partial charge in [-0.25, -0.2) is 10.6 Å². The van der Waals surface area contributed by atoms with Gasteiger partial charge in [0.1, 0.15) is 0 Å². The molecule has 7 heteroatoms. The molecule has 0 spiro atoms. The molecule has 0 aromatic heterocycles. The lowest BCUT2D eigenvalue weighted by Crippen LogP contribution is -2.48. The number of nitrogens with one attached hydrogen (secondary N) is 1. The summed E-state index contributed by atoms with van der Waals surface area (Å²) in [7, 11) is 0. The van der Waals surface area contributed by atoms with Crippen molar-refractivity contribution in [3.8, 4) is 0 Å². The average molecular weight is 368 g/mol. The monoisotopic (exact) mass is 368 g/mol. The second kappa shape index (κ2) is 9.16.